The summed E-state index contributed by atoms with van der Waals surface area (Å²) in [5.41, 5.74) is 4.22. The molecule has 0 bridgehead atoms. The summed E-state index contributed by atoms with van der Waals surface area (Å²) in [7, 11) is 1.76. The van der Waals surface area contributed by atoms with Crippen molar-refractivity contribution < 1.29 is 4.39 Å². The van der Waals surface area contributed by atoms with Gasteiger partial charge < -0.3 is 15.5 Å². The standard InChI is InChI=1S/C22H29FN4/c1-16-13-18(9-10-21(16)23)15-25-22(24-3)26-17(2)19-7-6-8-20(14-19)27-11-4-5-12-27/h6-10,13-14,17H,4-5,11-12,15H2,1-3H3,(H2,24,25,26). The zero-order chi connectivity index (χ0) is 19.2. The number of nitrogens with one attached hydrogen (secondary N) is 2. The number of guanidine groups is 1. The van der Waals surface area contributed by atoms with Gasteiger partial charge >= 0.3 is 0 Å². The number of nitrogens with zero attached hydrogens (tertiary/aromatic N) is 2. The lowest BCUT2D eigenvalue weighted by molar-refractivity contribution is 0.617. The third kappa shape index (κ3) is 5.00. The van der Waals surface area contributed by atoms with Crippen LogP contribution in [0.2, 0.25) is 0 Å². The number of benzene rings is 2. The maximum Gasteiger partial charge on any atom is 0.191 e. The molecule has 1 fully saturated rings. The van der Waals surface area contributed by atoms with Gasteiger partial charge in [0.25, 0.3) is 0 Å². The van der Waals surface area contributed by atoms with Crippen molar-refractivity contribution in [2.24, 2.45) is 4.99 Å². The van der Waals surface area contributed by atoms with E-state index in [1.807, 2.05) is 6.07 Å². The minimum atomic E-state index is -0.173. The van der Waals surface area contributed by atoms with Crippen molar-refractivity contribution in [2.45, 2.75) is 39.3 Å². The van der Waals surface area contributed by atoms with Crippen LogP contribution in [-0.2, 0) is 6.54 Å². The second-order valence-electron chi connectivity index (χ2n) is 7.16. The monoisotopic (exact) mass is 368 g/mol. The fourth-order valence-electron chi connectivity index (χ4n) is 3.45. The van der Waals surface area contributed by atoms with Crippen molar-refractivity contribution in [2.75, 3.05) is 25.0 Å². The molecule has 1 heterocycles. The Kier molecular flexibility index (Phi) is 6.32. The highest BCUT2D eigenvalue weighted by Crippen LogP contribution is 2.24. The van der Waals surface area contributed by atoms with E-state index in [1.165, 1.54) is 30.2 Å². The molecule has 1 aliphatic heterocycles. The van der Waals surface area contributed by atoms with E-state index in [0.29, 0.717) is 12.1 Å². The number of rotatable bonds is 5. The second kappa shape index (κ2) is 8.89. The Morgan fingerprint density at radius 2 is 1.96 bits per heavy atom. The molecule has 4 nitrogen and oxygen atoms in total. The van der Waals surface area contributed by atoms with Crippen LogP contribution in [0.5, 0.6) is 0 Å². The molecule has 2 aromatic rings. The Morgan fingerprint density at radius 3 is 2.67 bits per heavy atom. The lowest BCUT2D eigenvalue weighted by Crippen LogP contribution is -2.38. The average molecular weight is 369 g/mol. The maximum absolute atomic E-state index is 13.4. The first kappa shape index (κ1) is 19.2. The van der Waals surface area contributed by atoms with Gasteiger partial charge in [-0.2, -0.15) is 0 Å². The van der Waals surface area contributed by atoms with Gasteiger partial charge in [0, 0.05) is 32.4 Å². The summed E-state index contributed by atoms with van der Waals surface area (Å²) in [6.45, 7) is 6.80. The van der Waals surface area contributed by atoms with Crippen LogP contribution in [0, 0.1) is 12.7 Å². The molecule has 1 aliphatic rings. The van der Waals surface area contributed by atoms with E-state index in [1.54, 1.807) is 20.0 Å². The van der Waals surface area contributed by atoms with Crippen molar-refractivity contribution in [3.63, 3.8) is 0 Å². The van der Waals surface area contributed by atoms with Gasteiger partial charge in [-0.3, -0.25) is 4.99 Å². The van der Waals surface area contributed by atoms with Crippen molar-refractivity contribution in [3.05, 3.63) is 65.0 Å². The van der Waals surface area contributed by atoms with Gasteiger partial charge in [0.05, 0.1) is 6.04 Å². The van der Waals surface area contributed by atoms with Gasteiger partial charge in [-0.15, -0.1) is 0 Å². The topological polar surface area (TPSA) is 39.7 Å². The zero-order valence-corrected chi connectivity index (χ0v) is 16.4. The SMILES string of the molecule is CN=C(NCc1ccc(F)c(C)c1)NC(C)c1cccc(N2CCCC2)c1. The van der Waals surface area contributed by atoms with Crippen LogP contribution in [0.3, 0.4) is 0 Å². The van der Waals surface area contributed by atoms with E-state index in [0.717, 1.165) is 24.6 Å². The van der Waals surface area contributed by atoms with Crippen LogP contribution < -0.4 is 15.5 Å². The Morgan fingerprint density at radius 1 is 1.19 bits per heavy atom. The highest BCUT2D eigenvalue weighted by molar-refractivity contribution is 5.80. The summed E-state index contributed by atoms with van der Waals surface area (Å²) in [4.78, 5) is 6.76. The summed E-state index contributed by atoms with van der Waals surface area (Å²) >= 11 is 0. The first-order valence-corrected chi connectivity index (χ1v) is 9.64. The predicted molar refractivity (Wildman–Crippen MR) is 111 cm³/mol. The van der Waals surface area contributed by atoms with Crippen LogP contribution in [0.25, 0.3) is 0 Å². The Hall–Kier alpha value is -2.56. The molecule has 0 aromatic heterocycles. The fourth-order valence-corrected chi connectivity index (χ4v) is 3.45. The minimum Gasteiger partial charge on any atom is -0.372 e. The van der Waals surface area contributed by atoms with Crippen molar-refractivity contribution >= 4 is 11.6 Å². The fraction of sp³-hybridized carbons (Fsp3) is 0.409. The van der Waals surface area contributed by atoms with E-state index in [9.17, 15) is 4.39 Å². The van der Waals surface area contributed by atoms with Gasteiger partial charge in [0.15, 0.2) is 5.96 Å². The number of aryl methyl sites for hydroxylation is 1. The van der Waals surface area contributed by atoms with E-state index in [2.05, 4.69) is 51.7 Å². The number of anilines is 1. The molecule has 0 spiro atoms. The molecule has 1 saturated heterocycles. The molecule has 3 rings (SSSR count). The molecule has 144 valence electrons. The lowest BCUT2D eigenvalue weighted by Gasteiger charge is -2.22. The highest BCUT2D eigenvalue weighted by atomic mass is 19.1. The van der Waals surface area contributed by atoms with E-state index < -0.39 is 0 Å². The molecule has 5 heteroatoms. The number of halogens is 1. The molecular weight excluding hydrogens is 339 g/mol. The third-order valence-corrected chi connectivity index (χ3v) is 5.10. The smallest absolute Gasteiger partial charge is 0.191 e. The lowest BCUT2D eigenvalue weighted by atomic mass is 10.1. The van der Waals surface area contributed by atoms with Crippen LogP contribution in [0.4, 0.5) is 10.1 Å². The van der Waals surface area contributed by atoms with Crippen molar-refractivity contribution in [1.82, 2.24) is 10.6 Å². The maximum atomic E-state index is 13.4. The van der Waals surface area contributed by atoms with Crippen LogP contribution in [0.1, 0.15) is 42.5 Å². The first-order valence-electron chi connectivity index (χ1n) is 9.64. The van der Waals surface area contributed by atoms with Crippen LogP contribution >= 0.6 is 0 Å². The number of hydrogen-bond donors (Lipinski definition) is 2. The molecule has 0 saturated carbocycles. The van der Waals surface area contributed by atoms with Crippen LogP contribution in [0.15, 0.2) is 47.5 Å². The van der Waals surface area contributed by atoms with Gasteiger partial charge in [-0.1, -0.05) is 24.3 Å². The molecular formula is C22H29FN4. The van der Waals surface area contributed by atoms with Gasteiger partial charge in [0.1, 0.15) is 5.82 Å². The summed E-state index contributed by atoms with van der Waals surface area (Å²) < 4.78 is 13.4. The normalized spacial score (nSPS) is 15.7. The minimum absolute atomic E-state index is 0.133. The Bertz CT molecular complexity index is 797. The van der Waals surface area contributed by atoms with Crippen molar-refractivity contribution in [1.29, 1.82) is 0 Å². The summed E-state index contributed by atoms with van der Waals surface area (Å²) in [6.07, 6.45) is 2.55. The molecule has 0 radical (unpaired) electrons. The first-order chi connectivity index (χ1) is 13.1. The molecule has 2 aromatic carbocycles. The quantitative estimate of drug-likeness (QED) is 0.615. The van der Waals surface area contributed by atoms with E-state index in [4.69, 9.17) is 0 Å². The zero-order valence-electron chi connectivity index (χ0n) is 16.4. The highest BCUT2D eigenvalue weighted by Gasteiger charge is 2.14. The second-order valence-corrected chi connectivity index (χ2v) is 7.16. The van der Waals surface area contributed by atoms with Gasteiger partial charge in [-0.25, -0.2) is 4.39 Å². The Balaban J connectivity index is 1.60. The van der Waals surface area contributed by atoms with Crippen LogP contribution in [-0.4, -0.2) is 26.1 Å². The molecule has 1 unspecified atom stereocenters. The number of hydrogen-bond acceptors (Lipinski definition) is 2. The van der Waals surface area contributed by atoms with Gasteiger partial charge in [-0.05, 0) is 61.6 Å². The van der Waals surface area contributed by atoms with Crippen molar-refractivity contribution in [3.8, 4) is 0 Å². The molecule has 0 aliphatic carbocycles. The molecule has 2 N–H and O–H groups in total. The number of aliphatic imine (C=N–C) groups is 1. The molecule has 1 atom stereocenters. The van der Waals surface area contributed by atoms with E-state index in [-0.39, 0.29) is 11.9 Å². The predicted octanol–water partition coefficient (Wildman–Crippen LogP) is 4.16. The molecule has 0 amide bonds. The Labute approximate surface area is 161 Å². The summed E-state index contributed by atoms with van der Waals surface area (Å²) in [5.74, 6) is 0.559. The summed E-state index contributed by atoms with van der Waals surface area (Å²) in [6, 6.07) is 14.0. The van der Waals surface area contributed by atoms with E-state index >= 15 is 0 Å². The molecule has 27 heavy (non-hydrogen) atoms. The average Bonchev–Trinajstić information content (AvgIpc) is 3.22. The third-order valence-electron chi connectivity index (χ3n) is 5.10. The summed E-state index contributed by atoms with van der Waals surface area (Å²) in [5, 5.41) is 6.75. The largest absolute Gasteiger partial charge is 0.372 e. The van der Waals surface area contributed by atoms with Gasteiger partial charge in [0.2, 0.25) is 0 Å².